The van der Waals surface area contributed by atoms with Crippen molar-refractivity contribution in [2.75, 3.05) is 0 Å². The molecule has 0 aromatic carbocycles. The molecule has 0 amide bonds. The van der Waals surface area contributed by atoms with Crippen LogP contribution in [0.1, 0.15) is 107 Å². The van der Waals surface area contributed by atoms with Gasteiger partial charge in [0.2, 0.25) is 0 Å². The lowest BCUT2D eigenvalue weighted by atomic mass is 9.90. The van der Waals surface area contributed by atoms with Gasteiger partial charge < -0.3 is 0 Å². The molecule has 0 heteroatoms. The third kappa shape index (κ3) is 4.44. The molecule has 0 fully saturated rings. The summed E-state index contributed by atoms with van der Waals surface area (Å²) in [6.45, 7) is 18.6. The zero-order chi connectivity index (χ0) is 19.4. The number of hydrogen-bond donors (Lipinski definition) is 0. The molecule has 0 bridgehead atoms. The molecule has 0 N–H and O–H groups in total. The third-order valence-electron chi connectivity index (χ3n) is 7.82. The van der Waals surface area contributed by atoms with E-state index in [1.807, 2.05) is 0 Å². The molecule has 0 radical (unpaired) electrons. The van der Waals surface area contributed by atoms with Crippen molar-refractivity contribution in [3.8, 4) is 0 Å². The summed E-state index contributed by atoms with van der Waals surface area (Å²) in [5.74, 6) is 1.49. The first-order valence-corrected chi connectivity index (χ1v) is 11.0. The molecule has 26 heavy (non-hydrogen) atoms. The van der Waals surface area contributed by atoms with Crippen molar-refractivity contribution in [3.63, 3.8) is 0 Å². The fraction of sp³-hybridized carbons (Fsp3) is 0.692. The molecule has 0 aromatic heterocycles. The first-order chi connectivity index (χ1) is 12.3. The third-order valence-corrected chi connectivity index (χ3v) is 7.82. The number of unbranched alkanes of at least 4 members (excludes halogenated alkanes) is 5. The van der Waals surface area contributed by atoms with Crippen molar-refractivity contribution in [1.82, 2.24) is 0 Å². The summed E-state index contributed by atoms with van der Waals surface area (Å²) in [5.41, 5.74) is 12.8. The van der Waals surface area contributed by atoms with Gasteiger partial charge in [-0.15, -0.1) is 0 Å². The molecule has 0 atom stereocenters. The lowest BCUT2D eigenvalue weighted by Gasteiger charge is -2.15. The van der Waals surface area contributed by atoms with Crippen molar-refractivity contribution in [2.45, 2.75) is 107 Å². The van der Waals surface area contributed by atoms with E-state index in [2.05, 4.69) is 55.4 Å². The van der Waals surface area contributed by atoms with Crippen LogP contribution in [-0.4, -0.2) is 0 Å². The summed E-state index contributed by atoms with van der Waals surface area (Å²) >= 11 is 0. The van der Waals surface area contributed by atoms with Gasteiger partial charge in [0.25, 0.3) is 0 Å². The lowest BCUT2D eigenvalue weighted by molar-refractivity contribution is 0.518. The summed E-state index contributed by atoms with van der Waals surface area (Å²) in [5, 5.41) is 0. The van der Waals surface area contributed by atoms with Crippen LogP contribution in [0.5, 0.6) is 0 Å². The molecule has 0 nitrogen and oxygen atoms in total. The fourth-order valence-electron chi connectivity index (χ4n) is 5.15. The molecule has 146 valence electrons. The molecule has 2 aliphatic rings. The second kappa shape index (κ2) is 9.25. The molecule has 2 aliphatic carbocycles. The molecule has 2 rings (SSSR count). The molecular weight excluding hydrogens is 312 g/mol. The van der Waals surface area contributed by atoms with E-state index < -0.39 is 0 Å². The molecule has 0 aromatic rings. The summed E-state index contributed by atoms with van der Waals surface area (Å²) in [4.78, 5) is 0. The van der Waals surface area contributed by atoms with Crippen LogP contribution in [0, 0.1) is 11.8 Å². The van der Waals surface area contributed by atoms with Crippen molar-refractivity contribution in [2.24, 2.45) is 11.8 Å². The molecule has 0 saturated carbocycles. The molecular formula is C26H42. The maximum absolute atomic E-state index is 2.35. The Morgan fingerprint density at radius 1 is 0.385 bits per heavy atom. The second-order valence-electron chi connectivity index (χ2n) is 9.04. The molecule has 0 unspecified atom stereocenters. The fourth-order valence-corrected chi connectivity index (χ4v) is 5.15. The van der Waals surface area contributed by atoms with Crippen LogP contribution in [-0.2, 0) is 0 Å². The quantitative estimate of drug-likeness (QED) is 0.363. The van der Waals surface area contributed by atoms with Gasteiger partial charge in [0.1, 0.15) is 0 Å². The Labute approximate surface area is 163 Å². The highest BCUT2D eigenvalue weighted by Gasteiger charge is 2.24. The minimum absolute atomic E-state index is 0.744. The van der Waals surface area contributed by atoms with Crippen LogP contribution in [0.3, 0.4) is 0 Å². The number of allylic oxidation sites excluding steroid dienone is 8. The number of rotatable bonds is 9. The second-order valence-corrected chi connectivity index (χ2v) is 9.04. The maximum Gasteiger partial charge on any atom is 0.00130 e. The van der Waals surface area contributed by atoms with E-state index in [9.17, 15) is 0 Å². The van der Waals surface area contributed by atoms with Crippen molar-refractivity contribution < 1.29 is 0 Å². The average molecular weight is 355 g/mol. The van der Waals surface area contributed by atoms with Crippen molar-refractivity contribution in [3.05, 3.63) is 44.6 Å². The predicted octanol–water partition coefficient (Wildman–Crippen LogP) is 8.71. The Bertz CT molecular complexity index is 542. The minimum Gasteiger partial charge on any atom is -0.0630 e. The van der Waals surface area contributed by atoms with Gasteiger partial charge in [0.05, 0.1) is 0 Å². The van der Waals surface area contributed by atoms with Crippen LogP contribution >= 0.6 is 0 Å². The van der Waals surface area contributed by atoms with E-state index in [0.717, 1.165) is 11.8 Å². The minimum atomic E-state index is 0.744. The first kappa shape index (κ1) is 21.3. The highest BCUT2D eigenvalue weighted by Crippen LogP contribution is 2.40. The van der Waals surface area contributed by atoms with Gasteiger partial charge in [0.15, 0.2) is 0 Å². The summed E-state index contributed by atoms with van der Waals surface area (Å²) in [6, 6.07) is 0. The zero-order valence-electron chi connectivity index (χ0n) is 18.8. The summed E-state index contributed by atoms with van der Waals surface area (Å²) in [7, 11) is 0. The van der Waals surface area contributed by atoms with Crippen LogP contribution in [0.4, 0.5) is 0 Å². The average Bonchev–Trinajstić information content (AvgIpc) is 2.92. The van der Waals surface area contributed by atoms with E-state index in [4.69, 9.17) is 0 Å². The van der Waals surface area contributed by atoms with E-state index in [-0.39, 0.29) is 0 Å². The van der Waals surface area contributed by atoms with Gasteiger partial charge >= 0.3 is 0 Å². The summed E-state index contributed by atoms with van der Waals surface area (Å²) < 4.78 is 0. The van der Waals surface area contributed by atoms with Crippen LogP contribution in [0.25, 0.3) is 0 Å². The lowest BCUT2D eigenvalue weighted by Crippen LogP contribution is -2.01. The Kier molecular flexibility index (Phi) is 7.56. The first-order valence-electron chi connectivity index (χ1n) is 11.0. The normalized spacial score (nSPS) is 19.8. The highest BCUT2D eigenvalue weighted by atomic mass is 14.3. The van der Waals surface area contributed by atoms with Gasteiger partial charge in [-0.2, -0.15) is 0 Å². The molecule has 0 heterocycles. The Hall–Kier alpha value is -1.04. The van der Waals surface area contributed by atoms with Crippen molar-refractivity contribution in [1.29, 1.82) is 0 Å². The van der Waals surface area contributed by atoms with Crippen LogP contribution in [0.15, 0.2) is 44.6 Å². The Balaban J connectivity index is 1.59. The number of hydrogen-bond acceptors (Lipinski definition) is 0. The van der Waals surface area contributed by atoms with Gasteiger partial charge in [-0.3, -0.25) is 0 Å². The standard InChI is InChI=1S/C26H42/c1-17-18(2)22(6)25(21(17)5)15-13-11-9-10-12-14-16-26-23(7)19(3)20(4)24(26)8/h25-26H,9-16H2,1-8H3. The predicted molar refractivity (Wildman–Crippen MR) is 117 cm³/mol. The molecule has 0 aliphatic heterocycles. The largest absolute Gasteiger partial charge is 0.0630 e. The van der Waals surface area contributed by atoms with Crippen LogP contribution < -0.4 is 0 Å². The van der Waals surface area contributed by atoms with E-state index in [1.165, 1.54) is 51.4 Å². The van der Waals surface area contributed by atoms with E-state index in [0.29, 0.717) is 0 Å². The zero-order valence-corrected chi connectivity index (χ0v) is 18.8. The highest BCUT2D eigenvalue weighted by molar-refractivity contribution is 5.46. The molecule has 0 saturated heterocycles. The van der Waals surface area contributed by atoms with E-state index in [1.54, 1.807) is 44.6 Å². The van der Waals surface area contributed by atoms with Gasteiger partial charge in [0, 0.05) is 11.8 Å². The Morgan fingerprint density at radius 2 is 0.615 bits per heavy atom. The maximum atomic E-state index is 2.35. The monoisotopic (exact) mass is 354 g/mol. The van der Waals surface area contributed by atoms with Gasteiger partial charge in [-0.05, 0) is 90.5 Å². The van der Waals surface area contributed by atoms with Gasteiger partial charge in [-0.25, -0.2) is 0 Å². The van der Waals surface area contributed by atoms with E-state index >= 15 is 0 Å². The van der Waals surface area contributed by atoms with Crippen molar-refractivity contribution >= 4 is 0 Å². The summed E-state index contributed by atoms with van der Waals surface area (Å²) in [6.07, 6.45) is 11.2. The van der Waals surface area contributed by atoms with Gasteiger partial charge in [-0.1, -0.05) is 60.8 Å². The molecule has 0 spiro atoms. The smallest absolute Gasteiger partial charge is 0.00130 e. The Morgan fingerprint density at radius 3 is 0.885 bits per heavy atom. The SMILES string of the molecule is CC1=C(C)C(CCCCCCCCC2C(C)=C(C)C(C)=C2C)C(C)=C1C. The van der Waals surface area contributed by atoms with Crippen LogP contribution in [0.2, 0.25) is 0 Å². The topological polar surface area (TPSA) is 0 Å².